The summed E-state index contributed by atoms with van der Waals surface area (Å²) in [6.45, 7) is 1.84. The van der Waals surface area contributed by atoms with Gasteiger partial charge in [0, 0.05) is 44.6 Å². The maximum atomic E-state index is 13.2. The molecule has 0 bridgehead atoms. The number of carbonyl (C=O) groups is 2. The van der Waals surface area contributed by atoms with Crippen LogP contribution in [0.3, 0.4) is 0 Å². The molecule has 2 aliphatic heterocycles. The molecule has 0 aliphatic carbocycles. The molecule has 0 fully saturated rings. The first-order valence-corrected chi connectivity index (χ1v) is 16.8. The number of nitrogens with zero attached hydrogens (tertiary/aromatic N) is 3. The molecule has 12 nitrogen and oxygen atoms in total. The molecule has 2 aliphatic rings. The molecule has 2 heterocycles. The van der Waals surface area contributed by atoms with Gasteiger partial charge in [-0.3, -0.25) is 9.59 Å². The largest absolute Gasteiger partial charge is 0.493 e. The van der Waals surface area contributed by atoms with Crippen molar-refractivity contribution >= 4 is 29.7 Å². The summed E-state index contributed by atoms with van der Waals surface area (Å²) < 4.78 is 32.7. The van der Waals surface area contributed by atoms with Crippen LogP contribution in [0.25, 0.3) is 12.2 Å². The molecule has 3 aromatic rings. The number of hydrazine groups is 1. The number of hydrogen-bond acceptors (Lipinski definition) is 10. The molecule has 3 aromatic carbocycles. The van der Waals surface area contributed by atoms with Crippen molar-refractivity contribution in [3.05, 3.63) is 101 Å². The number of nitrogens with one attached hydrogen (secondary N) is 1. The van der Waals surface area contributed by atoms with Crippen molar-refractivity contribution in [2.75, 3.05) is 74.3 Å². The van der Waals surface area contributed by atoms with Gasteiger partial charge in [0.1, 0.15) is 0 Å². The number of amides is 2. The van der Waals surface area contributed by atoms with Gasteiger partial charge in [-0.15, -0.1) is 0 Å². The number of methoxy groups -OCH3 is 6. The molecule has 0 spiro atoms. The molecule has 2 amide bonds. The van der Waals surface area contributed by atoms with E-state index >= 15 is 0 Å². The van der Waals surface area contributed by atoms with Gasteiger partial charge in [-0.25, -0.2) is 5.01 Å². The number of ether oxygens (including phenoxy) is 6. The Hall–Kier alpha value is -5.88. The monoisotopic (exact) mass is 710 g/mol. The molecule has 274 valence electrons. The van der Waals surface area contributed by atoms with Gasteiger partial charge in [0.25, 0.3) is 0 Å². The van der Waals surface area contributed by atoms with Crippen molar-refractivity contribution in [1.82, 2.24) is 14.8 Å². The zero-order valence-corrected chi connectivity index (χ0v) is 30.5. The van der Waals surface area contributed by atoms with E-state index < -0.39 is 0 Å². The smallest absolute Gasteiger partial charge is 0.231 e. The second-order valence-electron chi connectivity index (χ2n) is 11.9. The van der Waals surface area contributed by atoms with Crippen molar-refractivity contribution in [2.24, 2.45) is 0 Å². The van der Waals surface area contributed by atoms with Gasteiger partial charge in [0.2, 0.25) is 11.8 Å². The summed E-state index contributed by atoms with van der Waals surface area (Å²) in [6, 6.07) is 13.1. The van der Waals surface area contributed by atoms with E-state index in [-0.39, 0.29) is 24.7 Å². The number of hydrogen-bond donors (Lipinski definition) is 1. The van der Waals surface area contributed by atoms with E-state index in [1.54, 1.807) is 64.9 Å². The number of rotatable bonds is 16. The van der Waals surface area contributed by atoms with Crippen LogP contribution in [0.15, 0.2) is 79.2 Å². The van der Waals surface area contributed by atoms with Gasteiger partial charge in [-0.05, 0) is 70.8 Å². The Labute approximate surface area is 305 Å². The fourth-order valence-electron chi connectivity index (χ4n) is 5.89. The molecule has 5 rings (SSSR count). The SMILES string of the molecule is COc1ccc(NN(C/C=C\CN2C=Cc3cc(OC)c(OC)cc3CC2=O)C/C=C\CN2C=Cc3cc(OC)c(OC)cc3CC2=O)cc1OC. The Morgan fingerprint density at radius 3 is 1.44 bits per heavy atom. The minimum Gasteiger partial charge on any atom is -0.493 e. The fraction of sp³-hybridized carbons (Fsp3) is 0.300. The van der Waals surface area contributed by atoms with Gasteiger partial charge < -0.3 is 43.6 Å². The molecular weight excluding hydrogens is 664 g/mol. The van der Waals surface area contributed by atoms with Crippen molar-refractivity contribution in [3.63, 3.8) is 0 Å². The van der Waals surface area contributed by atoms with Gasteiger partial charge in [0.15, 0.2) is 34.5 Å². The van der Waals surface area contributed by atoms with Crippen LogP contribution in [0, 0.1) is 0 Å². The Balaban J connectivity index is 1.24. The molecule has 1 N–H and O–H groups in total. The number of benzene rings is 3. The van der Waals surface area contributed by atoms with Crippen LogP contribution in [-0.4, -0.2) is 95.5 Å². The highest BCUT2D eigenvalue weighted by Gasteiger charge is 2.20. The number of carbonyl (C=O) groups excluding carboxylic acids is 2. The predicted molar refractivity (Wildman–Crippen MR) is 201 cm³/mol. The summed E-state index contributed by atoms with van der Waals surface area (Å²) in [4.78, 5) is 29.7. The zero-order valence-electron chi connectivity index (χ0n) is 30.5. The molecule has 0 saturated carbocycles. The van der Waals surface area contributed by atoms with Gasteiger partial charge in [0.05, 0.1) is 61.2 Å². The lowest BCUT2D eigenvalue weighted by Crippen LogP contribution is -2.31. The van der Waals surface area contributed by atoms with Crippen LogP contribution < -0.4 is 33.8 Å². The summed E-state index contributed by atoms with van der Waals surface area (Å²) >= 11 is 0. The van der Waals surface area contributed by atoms with Crippen LogP contribution in [0.2, 0.25) is 0 Å². The van der Waals surface area contributed by atoms with Crippen LogP contribution >= 0.6 is 0 Å². The van der Waals surface area contributed by atoms with Crippen molar-refractivity contribution in [1.29, 1.82) is 0 Å². The van der Waals surface area contributed by atoms with Crippen LogP contribution in [0.5, 0.6) is 34.5 Å². The standard InChI is InChI=1S/C40H46N4O8/c1-47-33-12-11-32(27-38(33)52-6)41-44(17-9-7-15-42-19-13-28-21-34(48-2)36(50-4)23-30(28)25-39(42)45)18-10-8-16-43-20-14-29-22-35(49-3)37(51-5)24-31(29)26-40(43)46/h7-14,19-24,27,41H,15-18,25-26H2,1-6H3/b9-7-,10-8-. The van der Waals surface area contributed by atoms with E-state index in [0.717, 1.165) is 27.9 Å². The summed E-state index contributed by atoms with van der Waals surface area (Å²) in [7, 11) is 9.54. The lowest BCUT2D eigenvalue weighted by Gasteiger charge is -2.23. The maximum Gasteiger partial charge on any atom is 0.231 e. The number of anilines is 1. The summed E-state index contributed by atoms with van der Waals surface area (Å²) in [5.41, 5.74) is 7.84. The van der Waals surface area contributed by atoms with Crippen LogP contribution in [0.4, 0.5) is 5.69 Å². The molecule has 52 heavy (non-hydrogen) atoms. The summed E-state index contributed by atoms with van der Waals surface area (Å²) in [5, 5.41) is 2.01. The zero-order chi connectivity index (χ0) is 37.0. The first-order chi connectivity index (χ1) is 25.3. The third-order valence-corrected chi connectivity index (χ3v) is 8.74. The average Bonchev–Trinajstić information content (AvgIpc) is 3.42. The lowest BCUT2D eigenvalue weighted by atomic mass is 10.0. The van der Waals surface area contributed by atoms with Gasteiger partial charge in [-0.1, -0.05) is 24.3 Å². The third-order valence-electron chi connectivity index (χ3n) is 8.74. The fourth-order valence-corrected chi connectivity index (χ4v) is 5.89. The normalized spacial score (nSPS) is 14.0. The first-order valence-electron chi connectivity index (χ1n) is 16.8. The minimum atomic E-state index is -0.0198. The molecule has 12 heteroatoms. The van der Waals surface area contributed by atoms with Crippen LogP contribution in [0.1, 0.15) is 22.3 Å². The second-order valence-corrected chi connectivity index (χ2v) is 11.9. The van der Waals surface area contributed by atoms with Crippen molar-refractivity contribution in [2.45, 2.75) is 12.8 Å². The molecule has 0 radical (unpaired) electrons. The second kappa shape index (κ2) is 17.9. The number of fused-ring (bicyclic) bond motifs is 2. The highest BCUT2D eigenvalue weighted by atomic mass is 16.5. The van der Waals surface area contributed by atoms with E-state index in [1.807, 2.05) is 83.9 Å². The van der Waals surface area contributed by atoms with Gasteiger partial charge in [-0.2, -0.15) is 0 Å². The Morgan fingerprint density at radius 2 is 1.00 bits per heavy atom. The average molecular weight is 711 g/mol. The molecule has 0 aromatic heterocycles. The molecule has 0 atom stereocenters. The topological polar surface area (TPSA) is 111 Å². The summed E-state index contributed by atoms with van der Waals surface area (Å²) in [5.74, 6) is 3.60. The van der Waals surface area contributed by atoms with Crippen molar-refractivity contribution in [3.8, 4) is 34.5 Å². The van der Waals surface area contributed by atoms with Gasteiger partial charge >= 0.3 is 0 Å². The predicted octanol–water partition coefficient (Wildman–Crippen LogP) is 5.59. The quantitative estimate of drug-likeness (QED) is 0.149. The Kier molecular flexibility index (Phi) is 12.8. The molecular formula is C40H46N4O8. The highest BCUT2D eigenvalue weighted by Crippen LogP contribution is 2.34. The highest BCUT2D eigenvalue weighted by molar-refractivity contribution is 5.85. The van der Waals surface area contributed by atoms with E-state index in [2.05, 4.69) is 5.43 Å². The third kappa shape index (κ3) is 9.07. The molecule has 0 saturated heterocycles. The van der Waals surface area contributed by atoms with Crippen molar-refractivity contribution < 1.29 is 38.0 Å². The van der Waals surface area contributed by atoms with E-state index in [9.17, 15) is 9.59 Å². The van der Waals surface area contributed by atoms with Crippen LogP contribution in [-0.2, 0) is 22.4 Å². The first kappa shape index (κ1) is 37.4. The lowest BCUT2D eigenvalue weighted by molar-refractivity contribution is -0.128. The Morgan fingerprint density at radius 1 is 0.577 bits per heavy atom. The summed E-state index contributed by atoms with van der Waals surface area (Å²) in [6.07, 6.45) is 15.9. The molecule has 0 unspecified atom stereocenters. The Bertz CT molecular complexity index is 1760. The van der Waals surface area contributed by atoms with E-state index in [0.29, 0.717) is 60.7 Å². The minimum absolute atomic E-state index is 0.0198. The maximum absolute atomic E-state index is 13.2. The van der Waals surface area contributed by atoms with E-state index in [4.69, 9.17) is 28.4 Å². The van der Waals surface area contributed by atoms with E-state index in [1.165, 1.54) is 0 Å².